The van der Waals surface area contributed by atoms with E-state index in [2.05, 4.69) is 44.8 Å². The number of benzene rings is 1. The number of hydrogen-bond donors (Lipinski definition) is 0. The summed E-state index contributed by atoms with van der Waals surface area (Å²) in [6, 6.07) is 10.7. The standard InChI is InChI=1S/C21H25N3O/c25-20(18-14-22-19-11-5-7-13-23(18)19)24-15-17-10-4-6-12-21(17,24)16-8-2-1-3-9-16/h1-3,8-9,14,17H,4-7,10-13,15H2/t17-,21+/m0/s1. The SMILES string of the molecule is O=C(c1cnc2n1CCCC2)N1C[C@@H]2CCCC[C@@]21c1ccccc1. The Balaban J connectivity index is 1.53. The molecule has 1 saturated heterocycles. The molecule has 1 aromatic heterocycles. The summed E-state index contributed by atoms with van der Waals surface area (Å²) in [5.74, 6) is 1.88. The van der Waals surface area contributed by atoms with Gasteiger partial charge >= 0.3 is 0 Å². The fourth-order valence-electron chi connectivity index (χ4n) is 5.35. The van der Waals surface area contributed by atoms with Crippen LogP contribution in [0.4, 0.5) is 0 Å². The van der Waals surface area contributed by atoms with Crippen LogP contribution in [0.3, 0.4) is 0 Å². The number of carbonyl (C=O) groups excluding carboxylic acids is 1. The molecule has 2 fully saturated rings. The highest BCUT2D eigenvalue weighted by molar-refractivity contribution is 5.94. The second-order valence-corrected chi connectivity index (χ2v) is 7.82. The van der Waals surface area contributed by atoms with Gasteiger partial charge in [-0.3, -0.25) is 4.79 Å². The molecule has 4 nitrogen and oxygen atoms in total. The van der Waals surface area contributed by atoms with Crippen molar-refractivity contribution < 1.29 is 4.79 Å². The van der Waals surface area contributed by atoms with Gasteiger partial charge in [-0.2, -0.15) is 0 Å². The van der Waals surface area contributed by atoms with Gasteiger partial charge in [0, 0.05) is 25.4 Å². The zero-order valence-corrected chi connectivity index (χ0v) is 14.7. The van der Waals surface area contributed by atoms with Crippen LogP contribution in [0.2, 0.25) is 0 Å². The number of fused-ring (bicyclic) bond motifs is 2. The van der Waals surface area contributed by atoms with Crippen molar-refractivity contribution in [1.29, 1.82) is 0 Å². The first kappa shape index (κ1) is 15.2. The lowest BCUT2D eigenvalue weighted by atomic mass is 9.61. The molecule has 5 rings (SSSR count). The summed E-state index contributed by atoms with van der Waals surface area (Å²) in [4.78, 5) is 20.1. The first-order valence-corrected chi connectivity index (χ1v) is 9.72. The van der Waals surface area contributed by atoms with E-state index in [1.54, 1.807) is 0 Å². The molecule has 3 aliphatic rings. The number of imidazole rings is 1. The largest absolute Gasteiger partial charge is 0.327 e. The quantitative estimate of drug-likeness (QED) is 0.838. The van der Waals surface area contributed by atoms with Crippen LogP contribution in [0.5, 0.6) is 0 Å². The van der Waals surface area contributed by atoms with Gasteiger partial charge < -0.3 is 9.47 Å². The molecule has 0 bridgehead atoms. The van der Waals surface area contributed by atoms with Gasteiger partial charge in [-0.05, 0) is 31.2 Å². The number of hydrogen-bond acceptors (Lipinski definition) is 2. The third-order valence-electron chi connectivity index (χ3n) is 6.63. The zero-order chi connectivity index (χ0) is 16.9. The summed E-state index contributed by atoms with van der Waals surface area (Å²) in [6.45, 7) is 1.83. The fraction of sp³-hybridized carbons (Fsp3) is 0.524. The Morgan fingerprint density at radius 3 is 2.84 bits per heavy atom. The number of nitrogens with zero attached hydrogens (tertiary/aromatic N) is 3. The smallest absolute Gasteiger partial charge is 0.272 e. The van der Waals surface area contributed by atoms with Gasteiger partial charge in [0.05, 0.1) is 11.7 Å². The van der Waals surface area contributed by atoms with Crippen molar-refractivity contribution in [2.75, 3.05) is 6.54 Å². The van der Waals surface area contributed by atoms with Crippen molar-refractivity contribution in [1.82, 2.24) is 14.5 Å². The van der Waals surface area contributed by atoms with E-state index < -0.39 is 0 Å². The zero-order valence-electron chi connectivity index (χ0n) is 14.7. The Labute approximate surface area is 148 Å². The molecule has 1 saturated carbocycles. The van der Waals surface area contributed by atoms with Crippen molar-refractivity contribution in [2.45, 2.75) is 57.0 Å². The third kappa shape index (κ3) is 2.12. The summed E-state index contributed by atoms with van der Waals surface area (Å²) in [7, 11) is 0. The van der Waals surface area contributed by atoms with Crippen LogP contribution in [-0.2, 0) is 18.5 Å². The highest BCUT2D eigenvalue weighted by Crippen LogP contribution is 2.54. The van der Waals surface area contributed by atoms with Crippen molar-refractivity contribution in [3.05, 3.63) is 53.6 Å². The topological polar surface area (TPSA) is 38.1 Å². The second kappa shape index (κ2) is 5.72. The third-order valence-corrected chi connectivity index (χ3v) is 6.63. The van der Waals surface area contributed by atoms with E-state index in [1.807, 2.05) is 6.20 Å². The van der Waals surface area contributed by atoms with Gasteiger partial charge in [0.15, 0.2) is 0 Å². The lowest BCUT2D eigenvalue weighted by Gasteiger charge is -2.61. The normalized spacial score (nSPS) is 28.0. The van der Waals surface area contributed by atoms with Gasteiger partial charge in [0.25, 0.3) is 5.91 Å². The lowest BCUT2D eigenvalue weighted by Crippen LogP contribution is -2.67. The number of aryl methyl sites for hydroxylation is 1. The molecule has 2 aliphatic heterocycles. The Bertz CT molecular complexity index is 797. The Hall–Kier alpha value is -2.10. The number of likely N-dealkylation sites (tertiary alicyclic amines) is 1. The average molecular weight is 335 g/mol. The first-order chi connectivity index (χ1) is 12.3. The first-order valence-electron chi connectivity index (χ1n) is 9.72. The van der Waals surface area contributed by atoms with Crippen LogP contribution in [0.15, 0.2) is 36.5 Å². The molecule has 1 aliphatic carbocycles. The van der Waals surface area contributed by atoms with Gasteiger partial charge in [0.1, 0.15) is 11.5 Å². The number of aromatic nitrogens is 2. The molecule has 0 spiro atoms. The van der Waals surface area contributed by atoms with Gasteiger partial charge in [-0.1, -0.05) is 43.2 Å². The predicted octanol–water partition coefficient (Wildman–Crippen LogP) is 3.76. The monoisotopic (exact) mass is 335 g/mol. The molecule has 1 amide bonds. The van der Waals surface area contributed by atoms with E-state index >= 15 is 0 Å². The molecule has 0 N–H and O–H groups in total. The minimum atomic E-state index is -0.0873. The Morgan fingerprint density at radius 1 is 1.12 bits per heavy atom. The van der Waals surface area contributed by atoms with Gasteiger partial charge in [0.2, 0.25) is 0 Å². The molecular formula is C21H25N3O. The highest BCUT2D eigenvalue weighted by atomic mass is 16.2. The summed E-state index contributed by atoms with van der Waals surface area (Å²) in [5, 5.41) is 0. The van der Waals surface area contributed by atoms with E-state index in [1.165, 1.54) is 31.2 Å². The molecule has 2 aromatic rings. The molecule has 1 aromatic carbocycles. The summed E-state index contributed by atoms with van der Waals surface area (Å²) in [6.07, 6.45) is 9.98. The fourth-order valence-corrected chi connectivity index (χ4v) is 5.35. The van der Waals surface area contributed by atoms with Crippen molar-refractivity contribution in [3.8, 4) is 0 Å². The lowest BCUT2D eigenvalue weighted by molar-refractivity contribution is -0.0874. The molecule has 2 atom stereocenters. The van der Waals surface area contributed by atoms with Crippen LogP contribution in [0.25, 0.3) is 0 Å². The highest BCUT2D eigenvalue weighted by Gasteiger charge is 2.57. The predicted molar refractivity (Wildman–Crippen MR) is 96.3 cm³/mol. The van der Waals surface area contributed by atoms with E-state index in [9.17, 15) is 4.79 Å². The second-order valence-electron chi connectivity index (χ2n) is 7.82. The number of amides is 1. The molecule has 0 unspecified atom stereocenters. The molecule has 4 heteroatoms. The van der Waals surface area contributed by atoms with Crippen molar-refractivity contribution >= 4 is 5.91 Å². The van der Waals surface area contributed by atoms with E-state index in [-0.39, 0.29) is 11.4 Å². The van der Waals surface area contributed by atoms with E-state index in [4.69, 9.17) is 0 Å². The summed E-state index contributed by atoms with van der Waals surface area (Å²) in [5.41, 5.74) is 2.03. The maximum atomic E-state index is 13.5. The van der Waals surface area contributed by atoms with Crippen molar-refractivity contribution in [3.63, 3.8) is 0 Å². The van der Waals surface area contributed by atoms with Gasteiger partial charge in [-0.15, -0.1) is 0 Å². The molecule has 3 heterocycles. The summed E-state index contributed by atoms with van der Waals surface area (Å²) < 4.78 is 2.17. The van der Waals surface area contributed by atoms with Crippen LogP contribution in [0.1, 0.15) is 60.4 Å². The van der Waals surface area contributed by atoms with Crippen LogP contribution >= 0.6 is 0 Å². The Morgan fingerprint density at radius 2 is 2.00 bits per heavy atom. The summed E-state index contributed by atoms with van der Waals surface area (Å²) >= 11 is 0. The maximum absolute atomic E-state index is 13.5. The molecular weight excluding hydrogens is 310 g/mol. The van der Waals surface area contributed by atoms with Crippen molar-refractivity contribution in [2.24, 2.45) is 5.92 Å². The van der Waals surface area contributed by atoms with E-state index in [0.717, 1.165) is 43.9 Å². The number of carbonyl (C=O) groups is 1. The molecule has 0 radical (unpaired) electrons. The minimum Gasteiger partial charge on any atom is -0.327 e. The Kier molecular flexibility index (Phi) is 3.47. The maximum Gasteiger partial charge on any atom is 0.272 e. The minimum absolute atomic E-state index is 0.0873. The van der Waals surface area contributed by atoms with Crippen LogP contribution < -0.4 is 0 Å². The van der Waals surface area contributed by atoms with Crippen LogP contribution in [-0.4, -0.2) is 26.9 Å². The van der Waals surface area contributed by atoms with Crippen LogP contribution in [0, 0.1) is 5.92 Å². The molecule has 25 heavy (non-hydrogen) atoms. The molecule has 130 valence electrons. The van der Waals surface area contributed by atoms with Gasteiger partial charge in [-0.25, -0.2) is 4.98 Å². The average Bonchev–Trinajstić information content (AvgIpc) is 3.08. The number of rotatable bonds is 2. The van der Waals surface area contributed by atoms with E-state index in [0.29, 0.717) is 5.92 Å².